The molecule has 2 rings (SSSR count). The van der Waals surface area contributed by atoms with Crippen LogP contribution in [-0.4, -0.2) is 18.9 Å². The number of benzene rings is 1. The summed E-state index contributed by atoms with van der Waals surface area (Å²) in [7, 11) is 0. The van der Waals surface area contributed by atoms with E-state index in [-0.39, 0.29) is 11.2 Å². The number of rotatable bonds is 7. The van der Waals surface area contributed by atoms with E-state index in [0.717, 1.165) is 24.9 Å². The molecule has 0 aliphatic heterocycles. The second kappa shape index (κ2) is 6.26. The van der Waals surface area contributed by atoms with Gasteiger partial charge in [-0.3, -0.25) is 0 Å². The van der Waals surface area contributed by atoms with Gasteiger partial charge in [0.2, 0.25) is 0 Å². The van der Waals surface area contributed by atoms with Crippen LogP contribution in [0.15, 0.2) is 24.3 Å². The van der Waals surface area contributed by atoms with Crippen LogP contribution in [0.2, 0.25) is 0 Å². The SMILES string of the molecule is CC(C)(CCNC1CC1)Cc1ccc(OC(F)(F)F)cc1. The molecule has 0 spiro atoms. The van der Waals surface area contributed by atoms with Gasteiger partial charge in [-0.05, 0) is 55.3 Å². The predicted octanol–water partition coefficient (Wildman–Crippen LogP) is 4.30. The third kappa shape index (κ3) is 6.38. The highest BCUT2D eigenvalue weighted by atomic mass is 19.4. The molecule has 0 atom stereocenters. The zero-order chi connectivity index (χ0) is 15.5. The highest BCUT2D eigenvalue weighted by Crippen LogP contribution is 2.28. The lowest BCUT2D eigenvalue weighted by molar-refractivity contribution is -0.274. The molecule has 1 aliphatic carbocycles. The monoisotopic (exact) mass is 301 g/mol. The Bertz CT molecular complexity index is 450. The van der Waals surface area contributed by atoms with Crippen LogP contribution < -0.4 is 10.1 Å². The molecular weight excluding hydrogens is 279 g/mol. The summed E-state index contributed by atoms with van der Waals surface area (Å²) in [6.07, 6.45) is -0.187. The molecule has 0 amide bonds. The van der Waals surface area contributed by atoms with E-state index >= 15 is 0 Å². The Balaban J connectivity index is 1.83. The second-order valence-electron chi connectivity index (χ2n) is 6.51. The first-order chi connectivity index (χ1) is 9.73. The van der Waals surface area contributed by atoms with Crippen molar-refractivity contribution in [2.45, 2.75) is 51.9 Å². The van der Waals surface area contributed by atoms with Crippen LogP contribution in [0, 0.1) is 5.41 Å². The summed E-state index contributed by atoms with van der Waals surface area (Å²) in [6, 6.07) is 6.87. The molecule has 0 radical (unpaired) electrons. The standard InChI is InChI=1S/C16H22F3NO/c1-15(2,9-10-20-13-5-6-13)11-12-3-7-14(8-4-12)21-16(17,18)19/h3-4,7-8,13,20H,5-6,9-11H2,1-2H3. The van der Waals surface area contributed by atoms with Gasteiger partial charge in [0.1, 0.15) is 5.75 Å². The summed E-state index contributed by atoms with van der Waals surface area (Å²) in [6.45, 7) is 5.36. The van der Waals surface area contributed by atoms with Crippen LogP contribution in [-0.2, 0) is 6.42 Å². The van der Waals surface area contributed by atoms with Gasteiger partial charge in [0.05, 0.1) is 0 Å². The van der Waals surface area contributed by atoms with Crippen molar-refractivity contribution in [3.63, 3.8) is 0 Å². The Morgan fingerprint density at radius 3 is 2.29 bits per heavy atom. The Morgan fingerprint density at radius 2 is 1.76 bits per heavy atom. The molecule has 2 nitrogen and oxygen atoms in total. The number of nitrogens with one attached hydrogen (secondary N) is 1. The lowest BCUT2D eigenvalue weighted by atomic mass is 9.82. The molecule has 0 saturated heterocycles. The minimum Gasteiger partial charge on any atom is -0.406 e. The topological polar surface area (TPSA) is 21.3 Å². The highest BCUT2D eigenvalue weighted by Gasteiger charge is 2.31. The molecule has 1 aromatic rings. The third-order valence-corrected chi connectivity index (χ3v) is 3.65. The summed E-state index contributed by atoms with van der Waals surface area (Å²) >= 11 is 0. The first-order valence-electron chi connectivity index (χ1n) is 7.32. The molecule has 0 bridgehead atoms. The van der Waals surface area contributed by atoms with E-state index in [1.165, 1.54) is 25.0 Å². The lowest BCUT2D eigenvalue weighted by Crippen LogP contribution is -2.25. The molecule has 1 aromatic carbocycles. The maximum absolute atomic E-state index is 12.1. The van der Waals surface area contributed by atoms with Crippen molar-refractivity contribution in [1.29, 1.82) is 0 Å². The quantitative estimate of drug-likeness (QED) is 0.811. The van der Waals surface area contributed by atoms with Gasteiger partial charge in [-0.25, -0.2) is 0 Å². The molecule has 1 aliphatic rings. The minimum atomic E-state index is -4.63. The third-order valence-electron chi connectivity index (χ3n) is 3.65. The molecule has 5 heteroatoms. The molecule has 1 saturated carbocycles. The molecule has 1 fully saturated rings. The van der Waals surface area contributed by atoms with Crippen molar-refractivity contribution in [3.05, 3.63) is 29.8 Å². The van der Waals surface area contributed by atoms with Gasteiger partial charge in [0.25, 0.3) is 0 Å². The fraction of sp³-hybridized carbons (Fsp3) is 0.625. The van der Waals surface area contributed by atoms with Crippen LogP contribution in [0.4, 0.5) is 13.2 Å². The van der Waals surface area contributed by atoms with E-state index in [0.29, 0.717) is 6.04 Å². The fourth-order valence-corrected chi connectivity index (χ4v) is 2.35. The zero-order valence-corrected chi connectivity index (χ0v) is 12.5. The summed E-state index contributed by atoms with van der Waals surface area (Å²) in [5, 5.41) is 3.49. The first kappa shape index (κ1) is 16.1. The Kier molecular flexibility index (Phi) is 4.81. The second-order valence-corrected chi connectivity index (χ2v) is 6.51. The Morgan fingerprint density at radius 1 is 1.14 bits per heavy atom. The summed E-state index contributed by atoms with van der Waals surface area (Å²) in [5.41, 5.74) is 1.15. The summed E-state index contributed by atoms with van der Waals surface area (Å²) in [4.78, 5) is 0. The Labute approximate surface area is 123 Å². The summed E-state index contributed by atoms with van der Waals surface area (Å²) < 4.78 is 40.2. The van der Waals surface area contributed by atoms with Crippen LogP contribution >= 0.6 is 0 Å². The van der Waals surface area contributed by atoms with Gasteiger partial charge in [-0.1, -0.05) is 26.0 Å². The zero-order valence-electron chi connectivity index (χ0n) is 12.5. The molecule has 1 N–H and O–H groups in total. The van der Waals surface area contributed by atoms with Gasteiger partial charge in [-0.2, -0.15) is 0 Å². The van der Waals surface area contributed by atoms with Crippen molar-refractivity contribution in [2.75, 3.05) is 6.54 Å². The number of halogens is 3. The fourth-order valence-electron chi connectivity index (χ4n) is 2.35. The largest absolute Gasteiger partial charge is 0.573 e. The van der Waals surface area contributed by atoms with E-state index in [9.17, 15) is 13.2 Å². The van der Waals surface area contributed by atoms with Gasteiger partial charge in [0, 0.05) is 6.04 Å². The smallest absolute Gasteiger partial charge is 0.406 e. The lowest BCUT2D eigenvalue weighted by Gasteiger charge is -2.25. The highest BCUT2D eigenvalue weighted by molar-refractivity contribution is 5.28. The molecule has 0 heterocycles. The Hall–Kier alpha value is -1.23. The maximum atomic E-state index is 12.1. The predicted molar refractivity (Wildman–Crippen MR) is 76.3 cm³/mol. The number of ether oxygens (including phenoxy) is 1. The van der Waals surface area contributed by atoms with Crippen LogP contribution in [0.1, 0.15) is 38.7 Å². The number of hydrogen-bond donors (Lipinski definition) is 1. The molecular formula is C16H22F3NO. The van der Waals surface area contributed by atoms with Crippen LogP contribution in [0.5, 0.6) is 5.75 Å². The van der Waals surface area contributed by atoms with Gasteiger partial charge in [0.15, 0.2) is 0 Å². The van der Waals surface area contributed by atoms with Crippen molar-refractivity contribution in [3.8, 4) is 5.75 Å². The van der Waals surface area contributed by atoms with Crippen molar-refractivity contribution in [1.82, 2.24) is 5.32 Å². The molecule has 21 heavy (non-hydrogen) atoms. The normalized spacial score (nSPS) is 16.0. The average molecular weight is 301 g/mol. The van der Waals surface area contributed by atoms with Crippen molar-refractivity contribution in [2.24, 2.45) is 5.41 Å². The van der Waals surface area contributed by atoms with E-state index in [2.05, 4.69) is 23.9 Å². The van der Waals surface area contributed by atoms with Crippen LogP contribution in [0.3, 0.4) is 0 Å². The number of hydrogen-bond acceptors (Lipinski definition) is 2. The van der Waals surface area contributed by atoms with E-state index in [1.807, 2.05) is 0 Å². The van der Waals surface area contributed by atoms with E-state index < -0.39 is 6.36 Å². The van der Waals surface area contributed by atoms with Crippen molar-refractivity contribution < 1.29 is 17.9 Å². The molecule has 0 aromatic heterocycles. The van der Waals surface area contributed by atoms with E-state index in [1.54, 1.807) is 12.1 Å². The summed E-state index contributed by atoms with van der Waals surface area (Å²) in [5.74, 6) is -0.167. The molecule has 118 valence electrons. The first-order valence-corrected chi connectivity index (χ1v) is 7.32. The maximum Gasteiger partial charge on any atom is 0.573 e. The average Bonchev–Trinajstić information content (AvgIpc) is 3.13. The number of alkyl halides is 3. The van der Waals surface area contributed by atoms with Gasteiger partial charge in [-0.15, -0.1) is 13.2 Å². The van der Waals surface area contributed by atoms with Crippen LogP contribution in [0.25, 0.3) is 0 Å². The minimum absolute atomic E-state index is 0.119. The molecule has 0 unspecified atom stereocenters. The van der Waals surface area contributed by atoms with Crippen molar-refractivity contribution >= 4 is 0 Å². The van der Waals surface area contributed by atoms with Gasteiger partial charge < -0.3 is 10.1 Å². The van der Waals surface area contributed by atoms with Gasteiger partial charge >= 0.3 is 6.36 Å². The van der Waals surface area contributed by atoms with E-state index in [4.69, 9.17) is 0 Å².